The number of amides is 1. The third-order valence-electron chi connectivity index (χ3n) is 3.52. The lowest BCUT2D eigenvalue weighted by molar-refractivity contribution is -0.119. The number of halogens is 2. The minimum Gasteiger partial charge on any atom is -0.451 e. The number of aryl methyl sites for hydroxylation is 1. The van der Waals surface area contributed by atoms with Crippen LogP contribution in [0.25, 0.3) is 10.6 Å². The van der Waals surface area contributed by atoms with Crippen molar-refractivity contribution in [3.8, 4) is 10.6 Å². The average Bonchev–Trinajstić information content (AvgIpc) is 3.02. The summed E-state index contributed by atoms with van der Waals surface area (Å²) in [5, 5.41) is 2.98. The number of benzene rings is 2. The molecule has 5 nitrogen and oxygen atoms in total. The smallest absolute Gasteiger partial charge is 0.350 e. The van der Waals surface area contributed by atoms with Crippen LogP contribution in [0.15, 0.2) is 48.5 Å². The molecule has 1 amide bonds. The Kier molecular flexibility index (Phi) is 5.56. The number of hydrogen-bond donors (Lipinski definition) is 1. The highest BCUT2D eigenvalue weighted by molar-refractivity contribution is 7.17. The second kappa shape index (κ2) is 8.05. The Bertz CT molecular complexity index is 987. The fourth-order valence-corrected chi connectivity index (χ4v) is 3.23. The molecule has 27 heavy (non-hydrogen) atoms. The quantitative estimate of drug-likeness (QED) is 0.666. The van der Waals surface area contributed by atoms with Crippen molar-refractivity contribution in [2.45, 2.75) is 6.92 Å². The summed E-state index contributed by atoms with van der Waals surface area (Å²) in [7, 11) is 0. The molecule has 0 saturated heterocycles. The maximum absolute atomic E-state index is 13.1. The Hall–Kier alpha value is -3.13. The zero-order valence-electron chi connectivity index (χ0n) is 14.2. The molecule has 0 bridgehead atoms. The van der Waals surface area contributed by atoms with Crippen LogP contribution in [-0.4, -0.2) is 23.5 Å². The number of hydrogen-bond acceptors (Lipinski definition) is 5. The van der Waals surface area contributed by atoms with Crippen molar-refractivity contribution in [1.29, 1.82) is 0 Å². The number of aromatic nitrogens is 1. The summed E-state index contributed by atoms with van der Waals surface area (Å²) in [6.07, 6.45) is 0. The second-order valence-corrected chi connectivity index (χ2v) is 6.57. The number of rotatable bonds is 5. The zero-order chi connectivity index (χ0) is 19.4. The summed E-state index contributed by atoms with van der Waals surface area (Å²) in [5.41, 5.74) is 1.39. The second-order valence-electron chi connectivity index (χ2n) is 5.58. The van der Waals surface area contributed by atoms with Crippen molar-refractivity contribution in [2.24, 2.45) is 0 Å². The van der Waals surface area contributed by atoms with Gasteiger partial charge >= 0.3 is 5.97 Å². The fourth-order valence-electron chi connectivity index (χ4n) is 2.26. The lowest BCUT2D eigenvalue weighted by atomic mass is 10.2. The van der Waals surface area contributed by atoms with E-state index in [4.69, 9.17) is 4.74 Å². The number of esters is 1. The largest absolute Gasteiger partial charge is 0.451 e. The molecule has 0 aliphatic rings. The molecule has 1 N–H and O–H groups in total. The number of nitrogens with zero attached hydrogens (tertiary/aromatic N) is 1. The van der Waals surface area contributed by atoms with Crippen LogP contribution >= 0.6 is 11.3 Å². The molecule has 0 spiro atoms. The summed E-state index contributed by atoms with van der Waals surface area (Å²) >= 11 is 1.09. The molecule has 1 aromatic heterocycles. The van der Waals surface area contributed by atoms with Crippen LogP contribution < -0.4 is 5.32 Å². The van der Waals surface area contributed by atoms with E-state index in [1.54, 1.807) is 19.1 Å². The van der Waals surface area contributed by atoms with Gasteiger partial charge in [0.05, 0.1) is 5.69 Å². The molecular formula is C19H14F2N2O3S. The van der Waals surface area contributed by atoms with E-state index in [2.05, 4.69) is 10.3 Å². The minimum atomic E-state index is -0.687. The van der Waals surface area contributed by atoms with E-state index in [9.17, 15) is 18.4 Å². The Morgan fingerprint density at radius 1 is 1.11 bits per heavy atom. The Balaban J connectivity index is 1.62. The molecule has 138 valence electrons. The van der Waals surface area contributed by atoms with Crippen molar-refractivity contribution in [3.05, 3.63) is 70.7 Å². The minimum absolute atomic E-state index is 0.257. The third kappa shape index (κ3) is 4.73. The molecule has 1 heterocycles. The van der Waals surface area contributed by atoms with Gasteiger partial charge in [0.15, 0.2) is 6.61 Å². The van der Waals surface area contributed by atoms with Crippen LogP contribution in [0.1, 0.15) is 15.4 Å². The van der Waals surface area contributed by atoms with E-state index in [0.29, 0.717) is 16.3 Å². The van der Waals surface area contributed by atoms with Crippen LogP contribution in [0.4, 0.5) is 14.5 Å². The number of anilines is 1. The molecule has 3 aromatic rings. The summed E-state index contributed by atoms with van der Waals surface area (Å²) in [5.74, 6) is -2.13. The molecule has 0 aliphatic carbocycles. The highest BCUT2D eigenvalue weighted by Crippen LogP contribution is 2.28. The zero-order valence-corrected chi connectivity index (χ0v) is 15.0. The van der Waals surface area contributed by atoms with Gasteiger partial charge in [-0.3, -0.25) is 4.79 Å². The molecule has 2 aromatic carbocycles. The Morgan fingerprint density at radius 3 is 2.56 bits per heavy atom. The van der Waals surface area contributed by atoms with Gasteiger partial charge in [-0.25, -0.2) is 18.6 Å². The molecule has 0 saturated carbocycles. The van der Waals surface area contributed by atoms with Gasteiger partial charge in [0.25, 0.3) is 5.91 Å². The number of carbonyl (C=O) groups is 2. The Labute approximate surface area is 157 Å². The highest BCUT2D eigenvalue weighted by atomic mass is 32.1. The molecule has 0 fully saturated rings. The van der Waals surface area contributed by atoms with E-state index in [-0.39, 0.29) is 16.4 Å². The van der Waals surface area contributed by atoms with Gasteiger partial charge in [0.1, 0.15) is 21.5 Å². The van der Waals surface area contributed by atoms with Crippen LogP contribution in [0.5, 0.6) is 0 Å². The molecule has 0 unspecified atom stereocenters. The van der Waals surface area contributed by atoms with Crippen molar-refractivity contribution < 1.29 is 23.1 Å². The van der Waals surface area contributed by atoms with E-state index < -0.39 is 24.3 Å². The van der Waals surface area contributed by atoms with Gasteiger partial charge in [0, 0.05) is 11.3 Å². The number of carbonyl (C=O) groups excluding carboxylic acids is 2. The van der Waals surface area contributed by atoms with E-state index in [1.807, 2.05) is 0 Å². The van der Waals surface area contributed by atoms with Gasteiger partial charge in [-0.2, -0.15) is 0 Å². The molecular weight excluding hydrogens is 374 g/mol. The van der Waals surface area contributed by atoms with E-state index >= 15 is 0 Å². The van der Waals surface area contributed by atoms with Crippen LogP contribution in [0.3, 0.4) is 0 Å². The lowest BCUT2D eigenvalue weighted by Gasteiger charge is -2.06. The van der Waals surface area contributed by atoms with Gasteiger partial charge in [-0.1, -0.05) is 6.07 Å². The van der Waals surface area contributed by atoms with E-state index in [0.717, 1.165) is 17.4 Å². The fraction of sp³-hybridized carbons (Fsp3) is 0.105. The maximum Gasteiger partial charge on any atom is 0.350 e. The predicted octanol–water partition coefficient (Wildman–Crippen LogP) is 4.19. The van der Waals surface area contributed by atoms with Crippen molar-refractivity contribution >= 4 is 28.9 Å². The molecule has 0 aliphatic heterocycles. The monoisotopic (exact) mass is 388 g/mol. The molecule has 3 rings (SSSR count). The first-order valence-electron chi connectivity index (χ1n) is 7.88. The van der Waals surface area contributed by atoms with Gasteiger partial charge in [0.2, 0.25) is 0 Å². The van der Waals surface area contributed by atoms with Crippen LogP contribution in [0, 0.1) is 18.6 Å². The normalized spacial score (nSPS) is 10.5. The number of ether oxygens (including phenoxy) is 1. The average molecular weight is 388 g/mol. The maximum atomic E-state index is 13.1. The predicted molar refractivity (Wildman–Crippen MR) is 97.6 cm³/mol. The summed E-state index contributed by atoms with van der Waals surface area (Å²) in [6, 6.07) is 11.1. The van der Waals surface area contributed by atoms with Crippen molar-refractivity contribution in [1.82, 2.24) is 4.98 Å². The highest BCUT2D eigenvalue weighted by Gasteiger charge is 2.19. The molecule has 0 radical (unpaired) electrons. The summed E-state index contributed by atoms with van der Waals surface area (Å²) in [4.78, 5) is 28.6. The summed E-state index contributed by atoms with van der Waals surface area (Å²) in [6.45, 7) is 1.13. The molecule has 8 heteroatoms. The third-order valence-corrected chi connectivity index (χ3v) is 4.70. The van der Waals surface area contributed by atoms with Gasteiger partial charge in [-0.05, 0) is 49.4 Å². The van der Waals surface area contributed by atoms with Gasteiger partial charge in [-0.15, -0.1) is 11.3 Å². The summed E-state index contributed by atoms with van der Waals surface area (Å²) < 4.78 is 31.1. The number of nitrogens with one attached hydrogen (secondary N) is 1. The topological polar surface area (TPSA) is 68.3 Å². The first-order chi connectivity index (χ1) is 12.9. The van der Waals surface area contributed by atoms with Crippen molar-refractivity contribution in [2.75, 3.05) is 11.9 Å². The lowest BCUT2D eigenvalue weighted by Crippen LogP contribution is -2.20. The van der Waals surface area contributed by atoms with Crippen LogP contribution in [-0.2, 0) is 9.53 Å². The van der Waals surface area contributed by atoms with Crippen molar-refractivity contribution in [3.63, 3.8) is 0 Å². The Morgan fingerprint density at radius 2 is 1.85 bits per heavy atom. The molecule has 0 atom stereocenters. The van der Waals surface area contributed by atoms with Crippen LogP contribution in [0.2, 0.25) is 0 Å². The SMILES string of the molecule is Cc1nc(-c2ccc(F)cc2)sc1C(=O)OCC(=O)Nc1cccc(F)c1. The van der Waals surface area contributed by atoms with E-state index in [1.165, 1.54) is 30.3 Å². The standard InChI is InChI=1S/C19H14F2N2O3S/c1-11-17(27-18(22-11)12-5-7-13(20)8-6-12)19(25)26-10-16(24)23-15-4-2-3-14(21)9-15/h2-9H,10H2,1H3,(H,23,24). The number of thiazole rings is 1. The first kappa shape index (κ1) is 18.7. The first-order valence-corrected chi connectivity index (χ1v) is 8.70. The van der Waals surface area contributed by atoms with Gasteiger partial charge < -0.3 is 10.1 Å².